The molecule has 1 aromatic carbocycles. The molecule has 4 rings (SSSR count). The van der Waals surface area contributed by atoms with Crippen LogP contribution in [0.5, 0.6) is 0 Å². The molecule has 0 radical (unpaired) electrons. The Morgan fingerprint density at radius 2 is 2.11 bits per heavy atom. The quantitative estimate of drug-likeness (QED) is 0.378. The molecule has 0 bridgehead atoms. The molecule has 0 amide bonds. The van der Waals surface area contributed by atoms with Gasteiger partial charge in [-0.05, 0) is 37.5 Å². The maximum atomic E-state index is 13.6. The predicted octanol–water partition coefficient (Wildman–Crippen LogP) is 3.39. The summed E-state index contributed by atoms with van der Waals surface area (Å²) in [6.07, 6.45) is 3.67. The first-order chi connectivity index (χ1) is 13.0. The monoisotopic (exact) mass is 502 g/mol. The SMILES string of the molecule is CN=C(NC1CCCN(c2cccc(F)c2)C1)NC1C2CCOC2C1(C)C.I. The summed E-state index contributed by atoms with van der Waals surface area (Å²) < 4.78 is 19.5. The van der Waals surface area contributed by atoms with Crippen molar-refractivity contribution in [2.24, 2.45) is 16.3 Å². The third kappa shape index (κ3) is 4.10. The van der Waals surface area contributed by atoms with Gasteiger partial charge < -0.3 is 20.3 Å². The molecule has 2 saturated heterocycles. The van der Waals surface area contributed by atoms with Crippen LogP contribution in [0.4, 0.5) is 10.1 Å². The molecule has 3 fully saturated rings. The average Bonchev–Trinajstić information content (AvgIpc) is 3.12. The van der Waals surface area contributed by atoms with Gasteiger partial charge in [0, 0.05) is 55.8 Å². The lowest BCUT2D eigenvalue weighted by Gasteiger charge is -2.55. The minimum atomic E-state index is -0.180. The van der Waals surface area contributed by atoms with E-state index < -0.39 is 0 Å². The number of halogens is 2. The maximum Gasteiger partial charge on any atom is 0.191 e. The van der Waals surface area contributed by atoms with Gasteiger partial charge in [0.05, 0.1) is 6.10 Å². The van der Waals surface area contributed by atoms with Crippen molar-refractivity contribution in [2.75, 3.05) is 31.6 Å². The molecule has 2 heterocycles. The van der Waals surface area contributed by atoms with Crippen molar-refractivity contribution in [2.45, 2.75) is 51.3 Å². The van der Waals surface area contributed by atoms with E-state index in [-0.39, 0.29) is 35.2 Å². The molecule has 4 unspecified atom stereocenters. The van der Waals surface area contributed by atoms with Gasteiger partial charge in [-0.2, -0.15) is 0 Å². The van der Waals surface area contributed by atoms with E-state index in [2.05, 4.69) is 34.4 Å². The molecule has 156 valence electrons. The van der Waals surface area contributed by atoms with Gasteiger partial charge in [0.2, 0.25) is 0 Å². The van der Waals surface area contributed by atoms with Crippen molar-refractivity contribution in [1.82, 2.24) is 10.6 Å². The third-order valence-electron chi connectivity index (χ3n) is 6.55. The van der Waals surface area contributed by atoms with E-state index in [0.717, 1.165) is 50.6 Å². The molecule has 3 aliphatic rings. The highest BCUT2D eigenvalue weighted by molar-refractivity contribution is 14.0. The first kappa shape index (κ1) is 21.6. The fourth-order valence-corrected chi connectivity index (χ4v) is 5.13. The largest absolute Gasteiger partial charge is 0.377 e. The molecule has 2 aliphatic heterocycles. The van der Waals surface area contributed by atoms with Crippen LogP contribution >= 0.6 is 24.0 Å². The van der Waals surface area contributed by atoms with Crippen molar-refractivity contribution < 1.29 is 9.13 Å². The Bertz CT molecular complexity index is 713. The summed E-state index contributed by atoms with van der Waals surface area (Å²) in [6, 6.07) is 7.56. The van der Waals surface area contributed by atoms with Crippen LogP contribution in [0.15, 0.2) is 29.3 Å². The Labute approximate surface area is 184 Å². The van der Waals surface area contributed by atoms with E-state index in [1.165, 1.54) is 6.07 Å². The molecular formula is C21H32FIN4O. The highest BCUT2D eigenvalue weighted by atomic mass is 127. The predicted molar refractivity (Wildman–Crippen MR) is 122 cm³/mol. The molecule has 4 atom stereocenters. The second kappa shape index (κ2) is 8.73. The first-order valence-corrected chi connectivity index (χ1v) is 10.1. The number of fused-ring (bicyclic) bond motifs is 1. The van der Waals surface area contributed by atoms with Crippen molar-refractivity contribution in [1.29, 1.82) is 0 Å². The molecule has 1 aliphatic carbocycles. The summed E-state index contributed by atoms with van der Waals surface area (Å²) in [5.74, 6) is 1.26. The number of nitrogens with one attached hydrogen (secondary N) is 2. The van der Waals surface area contributed by atoms with Gasteiger partial charge in [-0.3, -0.25) is 4.99 Å². The first-order valence-electron chi connectivity index (χ1n) is 10.1. The van der Waals surface area contributed by atoms with E-state index in [9.17, 15) is 4.39 Å². The average molecular weight is 502 g/mol. The Hall–Kier alpha value is -1.09. The number of anilines is 1. The summed E-state index contributed by atoms with van der Waals surface area (Å²) in [7, 11) is 1.83. The lowest BCUT2D eigenvalue weighted by atomic mass is 9.57. The molecule has 1 saturated carbocycles. The molecular weight excluding hydrogens is 470 g/mol. The number of ether oxygens (including phenoxy) is 1. The molecule has 7 heteroatoms. The highest BCUT2D eigenvalue weighted by Gasteiger charge is 2.59. The topological polar surface area (TPSA) is 48.9 Å². The van der Waals surface area contributed by atoms with E-state index in [0.29, 0.717) is 24.1 Å². The van der Waals surface area contributed by atoms with Crippen LogP contribution in [0.1, 0.15) is 33.1 Å². The number of guanidine groups is 1. The van der Waals surface area contributed by atoms with Crippen LogP contribution in [0.25, 0.3) is 0 Å². The minimum absolute atomic E-state index is 0. The van der Waals surface area contributed by atoms with Gasteiger partial charge in [-0.15, -0.1) is 24.0 Å². The van der Waals surface area contributed by atoms with Crippen LogP contribution in [0, 0.1) is 17.2 Å². The van der Waals surface area contributed by atoms with Crippen LogP contribution in [0.3, 0.4) is 0 Å². The number of hydrogen-bond donors (Lipinski definition) is 2. The molecule has 0 aromatic heterocycles. The zero-order valence-corrected chi connectivity index (χ0v) is 19.3. The number of hydrogen-bond acceptors (Lipinski definition) is 3. The third-order valence-corrected chi connectivity index (χ3v) is 6.55. The van der Waals surface area contributed by atoms with Crippen LogP contribution in [0.2, 0.25) is 0 Å². The summed E-state index contributed by atoms with van der Waals surface area (Å²) in [5.41, 5.74) is 1.08. The molecule has 28 heavy (non-hydrogen) atoms. The van der Waals surface area contributed by atoms with E-state index in [1.807, 2.05) is 13.1 Å². The lowest BCUT2D eigenvalue weighted by molar-refractivity contribution is -0.106. The standard InChI is InChI=1S/C21H31FN4O.HI/c1-21(2)18(17-9-11-27-19(17)21)25-20(23-3)24-15-7-5-10-26(13-15)16-8-4-6-14(22)12-16;/h4,6,8,12,15,17-19H,5,7,9-11,13H2,1-3H3,(H2,23,24,25);1H. The number of aliphatic imine (C=N–C) groups is 1. The normalized spacial score (nSPS) is 31.4. The van der Waals surface area contributed by atoms with Crippen LogP contribution in [-0.4, -0.2) is 50.9 Å². The number of benzene rings is 1. The second-order valence-corrected chi connectivity index (χ2v) is 8.67. The maximum absolute atomic E-state index is 13.6. The Morgan fingerprint density at radius 1 is 1.29 bits per heavy atom. The van der Waals surface area contributed by atoms with E-state index in [4.69, 9.17) is 4.74 Å². The van der Waals surface area contributed by atoms with Crippen molar-refractivity contribution in [3.63, 3.8) is 0 Å². The number of nitrogens with zero attached hydrogens (tertiary/aromatic N) is 2. The minimum Gasteiger partial charge on any atom is -0.377 e. The molecule has 0 spiro atoms. The van der Waals surface area contributed by atoms with Crippen LogP contribution < -0.4 is 15.5 Å². The fourth-order valence-electron chi connectivity index (χ4n) is 5.13. The van der Waals surface area contributed by atoms with Crippen molar-refractivity contribution in [3.8, 4) is 0 Å². The number of piperidine rings is 1. The Kier molecular flexibility index (Phi) is 6.74. The Balaban J connectivity index is 0.00000225. The smallest absolute Gasteiger partial charge is 0.191 e. The number of rotatable bonds is 3. The summed E-state index contributed by atoms with van der Waals surface area (Å²) in [4.78, 5) is 6.73. The molecule has 1 aromatic rings. The molecule has 5 nitrogen and oxygen atoms in total. The summed E-state index contributed by atoms with van der Waals surface area (Å²) >= 11 is 0. The summed E-state index contributed by atoms with van der Waals surface area (Å²) in [5, 5.41) is 7.26. The van der Waals surface area contributed by atoms with Crippen LogP contribution in [-0.2, 0) is 4.74 Å². The van der Waals surface area contributed by atoms with E-state index >= 15 is 0 Å². The van der Waals surface area contributed by atoms with Gasteiger partial charge in [0.15, 0.2) is 5.96 Å². The zero-order chi connectivity index (χ0) is 19.0. The highest BCUT2D eigenvalue weighted by Crippen LogP contribution is 2.52. The van der Waals surface area contributed by atoms with Gasteiger partial charge in [0.1, 0.15) is 5.82 Å². The van der Waals surface area contributed by atoms with Crippen molar-refractivity contribution >= 4 is 35.6 Å². The van der Waals surface area contributed by atoms with Gasteiger partial charge >= 0.3 is 0 Å². The molecule has 2 N–H and O–H groups in total. The van der Waals surface area contributed by atoms with Gasteiger partial charge in [-0.25, -0.2) is 4.39 Å². The summed E-state index contributed by atoms with van der Waals surface area (Å²) in [6.45, 7) is 7.24. The lowest BCUT2D eigenvalue weighted by Crippen LogP contribution is -2.68. The van der Waals surface area contributed by atoms with Gasteiger partial charge in [0.25, 0.3) is 0 Å². The van der Waals surface area contributed by atoms with Crippen molar-refractivity contribution in [3.05, 3.63) is 30.1 Å². The van der Waals surface area contributed by atoms with Gasteiger partial charge in [-0.1, -0.05) is 19.9 Å². The second-order valence-electron chi connectivity index (χ2n) is 8.67. The zero-order valence-electron chi connectivity index (χ0n) is 17.0. The Morgan fingerprint density at radius 3 is 2.86 bits per heavy atom. The van der Waals surface area contributed by atoms with E-state index in [1.54, 1.807) is 12.1 Å². The fraction of sp³-hybridized carbons (Fsp3) is 0.667.